The van der Waals surface area contributed by atoms with Gasteiger partial charge in [-0.1, -0.05) is 31.2 Å². The molecule has 0 saturated carbocycles. The summed E-state index contributed by atoms with van der Waals surface area (Å²) in [6, 6.07) is 7.89. The van der Waals surface area contributed by atoms with E-state index >= 15 is 0 Å². The molecule has 0 atom stereocenters. The largest absolute Gasteiger partial charge is 0.320 e. The molecule has 0 radical (unpaired) electrons. The molecule has 0 bridgehead atoms. The molecular weight excluding hydrogens is 274 g/mol. The fraction of sp³-hybridized carbons (Fsp3) is 0.571. The van der Waals surface area contributed by atoms with Crippen LogP contribution in [0, 0.1) is 0 Å². The molecular formula is C14H25N3O2S. The predicted molar refractivity (Wildman–Crippen MR) is 82.8 cm³/mol. The van der Waals surface area contributed by atoms with E-state index in [0.717, 1.165) is 24.9 Å². The molecule has 0 aliphatic carbocycles. The van der Waals surface area contributed by atoms with Crippen molar-refractivity contribution in [3.63, 3.8) is 0 Å². The molecule has 0 spiro atoms. The molecule has 0 heterocycles. The smallest absolute Gasteiger partial charge is 0.279 e. The van der Waals surface area contributed by atoms with Crippen LogP contribution in [0.25, 0.3) is 0 Å². The molecule has 0 amide bonds. The van der Waals surface area contributed by atoms with E-state index in [-0.39, 0.29) is 0 Å². The average Bonchev–Trinajstić information content (AvgIpc) is 2.45. The predicted octanol–water partition coefficient (Wildman–Crippen LogP) is 1.12. The molecule has 2 N–H and O–H groups in total. The summed E-state index contributed by atoms with van der Waals surface area (Å²) in [5, 5.41) is 3.01. The van der Waals surface area contributed by atoms with Gasteiger partial charge in [0.1, 0.15) is 0 Å². The Morgan fingerprint density at radius 3 is 2.45 bits per heavy atom. The maximum absolute atomic E-state index is 12.1. The molecule has 1 aromatic rings. The summed E-state index contributed by atoms with van der Waals surface area (Å²) in [5.41, 5.74) is 2.20. The van der Waals surface area contributed by atoms with Crippen LogP contribution < -0.4 is 10.0 Å². The summed E-state index contributed by atoms with van der Waals surface area (Å²) in [7, 11) is 0.0481. The van der Waals surface area contributed by atoms with Crippen molar-refractivity contribution in [1.29, 1.82) is 0 Å². The van der Waals surface area contributed by atoms with E-state index in [1.807, 2.05) is 31.3 Å². The molecule has 0 aliphatic heterocycles. The second-order valence-corrected chi connectivity index (χ2v) is 6.59. The topological polar surface area (TPSA) is 61.4 Å². The number of hydrogen-bond donors (Lipinski definition) is 2. The van der Waals surface area contributed by atoms with Crippen LogP contribution >= 0.6 is 0 Å². The number of nitrogens with one attached hydrogen (secondary N) is 2. The van der Waals surface area contributed by atoms with Crippen molar-refractivity contribution >= 4 is 10.2 Å². The van der Waals surface area contributed by atoms with E-state index in [0.29, 0.717) is 13.1 Å². The second kappa shape index (κ2) is 8.36. The van der Waals surface area contributed by atoms with Crippen LogP contribution in [0.4, 0.5) is 0 Å². The van der Waals surface area contributed by atoms with E-state index in [1.54, 1.807) is 7.05 Å². The fourth-order valence-electron chi connectivity index (χ4n) is 1.95. The van der Waals surface area contributed by atoms with Crippen molar-refractivity contribution < 1.29 is 8.42 Å². The van der Waals surface area contributed by atoms with Crippen LogP contribution in [0.5, 0.6) is 0 Å². The Labute approximate surface area is 122 Å². The summed E-state index contributed by atoms with van der Waals surface area (Å²) in [5.74, 6) is 0. The van der Waals surface area contributed by atoms with Crippen molar-refractivity contribution in [3.05, 3.63) is 35.4 Å². The standard InChI is InChI=1S/C14H25N3O2S/c1-4-13-8-5-6-9-14(13)12-16-20(18,19)17(3)11-7-10-15-2/h5-6,8-9,15-16H,4,7,10-12H2,1-3H3. The van der Waals surface area contributed by atoms with Crippen molar-refractivity contribution in [3.8, 4) is 0 Å². The second-order valence-electron chi connectivity index (χ2n) is 4.73. The summed E-state index contributed by atoms with van der Waals surface area (Å²) >= 11 is 0. The van der Waals surface area contributed by atoms with Gasteiger partial charge in [0.15, 0.2) is 0 Å². The first-order valence-electron chi connectivity index (χ1n) is 6.93. The van der Waals surface area contributed by atoms with Crippen LogP contribution in [-0.2, 0) is 23.2 Å². The highest BCUT2D eigenvalue weighted by Gasteiger charge is 2.16. The molecule has 6 heteroatoms. The van der Waals surface area contributed by atoms with E-state index in [1.165, 1.54) is 9.87 Å². The summed E-state index contributed by atoms with van der Waals surface area (Å²) in [6.45, 7) is 3.71. The molecule has 0 saturated heterocycles. The highest BCUT2D eigenvalue weighted by atomic mass is 32.2. The van der Waals surface area contributed by atoms with Gasteiger partial charge in [0.05, 0.1) is 0 Å². The molecule has 1 aromatic carbocycles. The molecule has 1 rings (SSSR count). The maximum Gasteiger partial charge on any atom is 0.279 e. The van der Waals surface area contributed by atoms with Gasteiger partial charge in [0, 0.05) is 20.1 Å². The minimum absolute atomic E-state index is 0.336. The number of rotatable bonds is 9. The van der Waals surface area contributed by atoms with Gasteiger partial charge in [-0.2, -0.15) is 17.4 Å². The van der Waals surface area contributed by atoms with Crippen LogP contribution in [0.15, 0.2) is 24.3 Å². The molecule has 0 aliphatic rings. The normalized spacial score (nSPS) is 12.0. The quantitative estimate of drug-likeness (QED) is 0.672. The average molecular weight is 299 g/mol. The van der Waals surface area contributed by atoms with Gasteiger partial charge in [0.25, 0.3) is 10.2 Å². The summed E-state index contributed by atoms with van der Waals surface area (Å²) in [6.07, 6.45) is 1.69. The van der Waals surface area contributed by atoms with Crippen LogP contribution in [0.2, 0.25) is 0 Å². The van der Waals surface area contributed by atoms with Gasteiger partial charge in [0.2, 0.25) is 0 Å². The summed E-state index contributed by atoms with van der Waals surface area (Å²) in [4.78, 5) is 0. The fourth-order valence-corrected chi connectivity index (χ4v) is 2.88. The Balaban J connectivity index is 2.58. The molecule has 0 fully saturated rings. The van der Waals surface area contributed by atoms with Crippen molar-refractivity contribution in [1.82, 2.24) is 14.3 Å². The molecule has 0 aromatic heterocycles. The Bertz CT molecular complexity index is 503. The monoisotopic (exact) mass is 299 g/mol. The third-order valence-corrected chi connectivity index (χ3v) is 4.77. The molecule has 5 nitrogen and oxygen atoms in total. The Morgan fingerprint density at radius 1 is 1.20 bits per heavy atom. The van der Waals surface area contributed by atoms with Gasteiger partial charge in [-0.25, -0.2) is 0 Å². The molecule has 20 heavy (non-hydrogen) atoms. The van der Waals surface area contributed by atoms with Gasteiger partial charge in [-0.05, 0) is 37.6 Å². The zero-order valence-electron chi connectivity index (χ0n) is 12.5. The SMILES string of the molecule is CCc1ccccc1CNS(=O)(=O)N(C)CCCNC. The first-order valence-corrected chi connectivity index (χ1v) is 8.37. The van der Waals surface area contributed by atoms with Crippen molar-refractivity contribution in [2.75, 3.05) is 27.2 Å². The number of benzene rings is 1. The lowest BCUT2D eigenvalue weighted by Crippen LogP contribution is -2.39. The molecule has 0 unspecified atom stereocenters. The van der Waals surface area contributed by atoms with Crippen LogP contribution in [0.3, 0.4) is 0 Å². The van der Waals surface area contributed by atoms with Gasteiger partial charge in [-0.3, -0.25) is 0 Å². The Kier molecular flexibility index (Phi) is 7.15. The van der Waals surface area contributed by atoms with Crippen molar-refractivity contribution in [2.45, 2.75) is 26.3 Å². The van der Waals surface area contributed by atoms with Gasteiger partial charge < -0.3 is 5.32 Å². The lowest BCUT2D eigenvalue weighted by molar-refractivity contribution is 0.447. The van der Waals surface area contributed by atoms with E-state index < -0.39 is 10.2 Å². The highest BCUT2D eigenvalue weighted by molar-refractivity contribution is 7.87. The summed E-state index contributed by atoms with van der Waals surface area (Å²) < 4.78 is 28.2. The Hall–Kier alpha value is -0.950. The van der Waals surface area contributed by atoms with E-state index in [4.69, 9.17) is 0 Å². The van der Waals surface area contributed by atoms with Crippen LogP contribution in [0.1, 0.15) is 24.5 Å². The lowest BCUT2D eigenvalue weighted by atomic mass is 10.1. The lowest BCUT2D eigenvalue weighted by Gasteiger charge is -2.18. The van der Waals surface area contributed by atoms with Gasteiger partial charge >= 0.3 is 0 Å². The highest BCUT2D eigenvalue weighted by Crippen LogP contribution is 2.09. The first-order chi connectivity index (χ1) is 9.51. The number of hydrogen-bond acceptors (Lipinski definition) is 3. The zero-order chi connectivity index (χ0) is 15.0. The zero-order valence-corrected chi connectivity index (χ0v) is 13.3. The van der Waals surface area contributed by atoms with Crippen LogP contribution in [-0.4, -0.2) is 39.9 Å². The molecule has 114 valence electrons. The van der Waals surface area contributed by atoms with Gasteiger partial charge in [-0.15, -0.1) is 0 Å². The number of aryl methyl sites for hydroxylation is 1. The third-order valence-electron chi connectivity index (χ3n) is 3.25. The third kappa shape index (κ3) is 5.20. The maximum atomic E-state index is 12.1. The van der Waals surface area contributed by atoms with Crippen molar-refractivity contribution in [2.24, 2.45) is 0 Å². The number of nitrogens with zero attached hydrogens (tertiary/aromatic N) is 1. The minimum Gasteiger partial charge on any atom is -0.320 e. The minimum atomic E-state index is -3.41. The van der Waals surface area contributed by atoms with E-state index in [9.17, 15) is 8.42 Å². The van der Waals surface area contributed by atoms with E-state index in [2.05, 4.69) is 17.0 Å². The first kappa shape index (κ1) is 17.1. The Morgan fingerprint density at radius 2 is 1.85 bits per heavy atom.